The number of pyridine rings is 1. The number of aromatic nitrogens is 3. The van der Waals surface area contributed by atoms with Crippen LogP contribution in [0.2, 0.25) is 19.6 Å². The van der Waals surface area contributed by atoms with Gasteiger partial charge in [-0.25, -0.2) is 0 Å². The third kappa shape index (κ3) is 7.43. The number of methoxy groups -OCH3 is 2. The third-order valence-electron chi connectivity index (χ3n) is 5.27. The normalized spacial score (nSPS) is 11.4. The summed E-state index contributed by atoms with van der Waals surface area (Å²) in [5.74, 6) is 0.475. The minimum atomic E-state index is -1.63. The van der Waals surface area contributed by atoms with E-state index in [9.17, 15) is 4.79 Å². The van der Waals surface area contributed by atoms with Crippen molar-refractivity contribution in [1.29, 1.82) is 0 Å². The summed E-state index contributed by atoms with van der Waals surface area (Å²) in [5, 5.41) is 3.71. The van der Waals surface area contributed by atoms with Crippen molar-refractivity contribution in [3.05, 3.63) is 35.7 Å². The van der Waals surface area contributed by atoms with Gasteiger partial charge in [-0.2, -0.15) is 9.97 Å². The van der Waals surface area contributed by atoms with E-state index in [0.717, 1.165) is 23.8 Å². The van der Waals surface area contributed by atoms with E-state index in [1.165, 1.54) is 20.3 Å². The highest BCUT2D eigenvalue weighted by molar-refractivity contribution is 6.88. The second kappa shape index (κ2) is 12.1. The number of ether oxygens (including phenoxy) is 4. The average molecular weight is 530 g/mol. The fourth-order valence-corrected chi connectivity index (χ4v) is 4.24. The molecule has 11 nitrogen and oxygen atoms in total. The van der Waals surface area contributed by atoms with Crippen LogP contribution in [0.3, 0.4) is 0 Å². The highest BCUT2D eigenvalue weighted by atomic mass is 28.3. The van der Waals surface area contributed by atoms with Gasteiger partial charge in [-0.3, -0.25) is 9.78 Å². The first-order valence-electron chi connectivity index (χ1n) is 11.9. The van der Waals surface area contributed by atoms with Crippen LogP contribution in [0.15, 0.2) is 28.8 Å². The predicted octanol–water partition coefficient (Wildman–Crippen LogP) is 3.71. The van der Waals surface area contributed by atoms with Gasteiger partial charge in [0.1, 0.15) is 13.8 Å². The first-order chi connectivity index (χ1) is 17.5. The Balaban J connectivity index is 1.74. The van der Waals surface area contributed by atoms with E-state index in [4.69, 9.17) is 23.4 Å². The van der Waals surface area contributed by atoms with Crippen molar-refractivity contribution in [2.75, 3.05) is 46.8 Å². The summed E-state index contributed by atoms with van der Waals surface area (Å²) in [4.78, 5) is 28.0. The Morgan fingerprint density at radius 3 is 2.38 bits per heavy atom. The molecule has 0 aliphatic rings. The molecule has 3 rings (SSSR count). The molecule has 0 unspecified atom stereocenters. The van der Waals surface area contributed by atoms with Crippen LogP contribution in [0.25, 0.3) is 0 Å². The zero-order valence-electron chi connectivity index (χ0n) is 22.7. The van der Waals surface area contributed by atoms with Crippen molar-refractivity contribution < 1.29 is 28.2 Å². The lowest BCUT2D eigenvalue weighted by Gasteiger charge is -2.17. The van der Waals surface area contributed by atoms with Crippen LogP contribution >= 0.6 is 0 Å². The van der Waals surface area contributed by atoms with E-state index >= 15 is 0 Å². The van der Waals surface area contributed by atoms with Crippen LogP contribution in [0.1, 0.15) is 22.5 Å². The number of hydrogen-bond donors (Lipinski definition) is 1. The molecule has 3 heterocycles. The number of rotatable bonds is 12. The van der Waals surface area contributed by atoms with Crippen molar-refractivity contribution in [1.82, 2.24) is 19.9 Å². The molecule has 1 N–H and O–H groups in total. The quantitative estimate of drug-likeness (QED) is 0.274. The molecule has 0 radical (unpaired) electrons. The van der Waals surface area contributed by atoms with Crippen LogP contribution in [0.4, 0.5) is 5.69 Å². The maximum absolute atomic E-state index is 13.0. The van der Waals surface area contributed by atoms with E-state index < -0.39 is 14.0 Å². The van der Waals surface area contributed by atoms with E-state index in [2.05, 4.69) is 44.8 Å². The summed E-state index contributed by atoms with van der Waals surface area (Å²) < 4.78 is 27.9. The number of hydrogen-bond acceptors (Lipinski definition) is 10. The molecule has 0 saturated heterocycles. The van der Waals surface area contributed by atoms with Gasteiger partial charge in [-0.1, -0.05) is 19.6 Å². The summed E-state index contributed by atoms with van der Waals surface area (Å²) in [6.45, 7) is 9.81. The highest BCUT2D eigenvalue weighted by Crippen LogP contribution is 2.34. The first-order valence-corrected chi connectivity index (χ1v) is 15.4. The van der Waals surface area contributed by atoms with Crippen molar-refractivity contribution in [3.8, 4) is 29.5 Å². The molecule has 0 spiro atoms. The topological polar surface area (TPSA) is 121 Å². The second-order valence-corrected chi connectivity index (χ2v) is 14.7. The number of nitrogens with one attached hydrogen (secondary N) is 1. The molecular weight excluding hydrogens is 494 g/mol. The molecule has 0 aliphatic heterocycles. The SMILES string of the molecule is COc1nc(OCCCN(C)C)nc(OC)c1NC(=O)c1ccc(Oc2cc([Si](C)(C)C)ncc2C)o1. The molecule has 200 valence electrons. The molecular formula is C25H35N5O6Si. The zero-order valence-corrected chi connectivity index (χ0v) is 23.7. The average Bonchev–Trinajstić information content (AvgIpc) is 3.31. The predicted molar refractivity (Wildman–Crippen MR) is 142 cm³/mol. The lowest BCUT2D eigenvalue weighted by Crippen LogP contribution is -2.39. The molecule has 0 saturated carbocycles. The van der Waals surface area contributed by atoms with Gasteiger partial charge in [0, 0.05) is 29.7 Å². The maximum Gasteiger partial charge on any atom is 0.323 e. The van der Waals surface area contributed by atoms with Crippen molar-refractivity contribution in [2.45, 2.75) is 33.0 Å². The van der Waals surface area contributed by atoms with Gasteiger partial charge in [0.05, 0.1) is 20.8 Å². The second-order valence-electron chi connectivity index (χ2n) is 9.66. The number of carbonyl (C=O) groups excluding carboxylic acids is 1. The smallest absolute Gasteiger partial charge is 0.323 e. The van der Waals surface area contributed by atoms with Crippen molar-refractivity contribution in [3.63, 3.8) is 0 Å². The van der Waals surface area contributed by atoms with Gasteiger partial charge < -0.3 is 33.6 Å². The summed E-state index contributed by atoms with van der Waals surface area (Å²) in [5.41, 5.74) is 1.01. The van der Waals surface area contributed by atoms with Crippen LogP contribution in [-0.2, 0) is 0 Å². The fraction of sp³-hybridized carbons (Fsp3) is 0.440. The number of aryl methyl sites for hydroxylation is 1. The lowest BCUT2D eigenvalue weighted by molar-refractivity contribution is 0.0990. The minimum absolute atomic E-state index is 0.0280. The Morgan fingerprint density at radius 1 is 1.11 bits per heavy atom. The van der Waals surface area contributed by atoms with Gasteiger partial charge in [0.25, 0.3) is 11.9 Å². The molecule has 12 heteroatoms. The molecule has 3 aromatic heterocycles. The van der Waals surface area contributed by atoms with Crippen LogP contribution in [0.5, 0.6) is 29.5 Å². The van der Waals surface area contributed by atoms with Crippen LogP contribution in [-0.4, -0.2) is 75.3 Å². The number of carbonyl (C=O) groups is 1. The molecule has 0 fully saturated rings. The lowest BCUT2D eigenvalue weighted by atomic mass is 10.3. The Bertz CT molecular complexity index is 1200. The summed E-state index contributed by atoms with van der Waals surface area (Å²) in [6.07, 6.45) is 2.58. The molecule has 3 aromatic rings. The fourth-order valence-electron chi connectivity index (χ4n) is 3.22. The number of anilines is 1. The molecule has 0 aromatic carbocycles. The zero-order chi connectivity index (χ0) is 27.2. The Kier molecular flexibility index (Phi) is 9.11. The molecule has 0 atom stereocenters. The summed E-state index contributed by atoms with van der Waals surface area (Å²) >= 11 is 0. The Morgan fingerprint density at radius 2 is 1.78 bits per heavy atom. The van der Waals surface area contributed by atoms with Gasteiger partial charge >= 0.3 is 6.01 Å². The van der Waals surface area contributed by atoms with E-state index in [1.807, 2.05) is 27.1 Å². The molecule has 0 bridgehead atoms. The van der Waals surface area contributed by atoms with E-state index in [0.29, 0.717) is 12.4 Å². The molecule has 0 aliphatic carbocycles. The van der Waals surface area contributed by atoms with Gasteiger partial charge in [-0.15, -0.1) is 0 Å². The Labute approximate surface area is 218 Å². The number of furan rings is 1. The Hall–Kier alpha value is -3.64. The number of nitrogens with zero attached hydrogens (tertiary/aromatic N) is 4. The molecule has 37 heavy (non-hydrogen) atoms. The third-order valence-corrected chi connectivity index (χ3v) is 7.08. The summed E-state index contributed by atoms with van der Waals surface area (Å²) in [7, 11) is 5.20. The van der Waals surface area contributed by atoms with Crippen LogP contribution in [0, 0.1) is 6.92 Å². The van der Waals surface area contributed by atoms with Gasteiger partial charge in [-0.05, 0) is 39.6 Å². The van der Waals surface area contributed by atoms with Crippen molar-refractivity contribution >= 4 is 25.0 Å². The number of amides is 1. The van der Waals surface area contributed by atoms with Crippen molar-refractivity contribution in [2.24, 2.45) is 0 Å². The van der Waals surface area contributed by atoms with Gasteiger partial charge in [0.15, 0.2) is 11.4 Å². The monoisotopic (exact) mass is 529 g/mol. The highest BCUT2D eigenvalue weighted by Gasteiger charge is 2.23. The maximum atomic E-state index is 13.0. The van der Waals surface area contributed by atoms with E-state index in [-0.39, 0.29) is 35.2 Å². The molecule has 1 amide bonds. The minimum Gasteiger partial charge on any atom is -0.479 e. The summed E-state index contributed by atoms with van der Waals surface area (Å²) in [6, 6.07) is 5.12. The first kappa shape index (κ1) is 27.9. The van der Waals surface area contributed by atoms with E-state index in [1.54, 1.807) is 12.3 Å². The largest absolute Gasteiger partial charge is 0.479 e. The van der Waals surface area contributed by atoms with Gasteiger partial charge in [0.2, 0.25) is 11.8 Å². The standard InChI is InChI=1S/C25H35N5O6Si/c1-16-15-26-19(37(6,7)8)14-18(16)36-20-11-10-17(35-20)22(31)27-21-23(32-4)28-25(29-24(21)33-5)34-13-9-12-30(2)3/h10-11,14-15H,9,12-13H2,1-8H3,(H,27,31). The van der Waals surface area contributed by atoms with Crippen LogP contribution < -0.4 is 29.6 Å².